The van der Waals surface area contributed by atoms with Crippen LogP contribution in [0.15, 0.2) is 72.8 Å². The molecule has 27 heavy (non-hydrogen) atoms. The predicted molar refractivity (Wildman–Crippen MR) is 109 cm³/mol. The standard InChI is InChI=1S/C24H21NO2/c1-18-11-12-19(2)23(15-18)27-17-24(26)25-22-10-6-9-21(16-22)14-13-20-7-4-3-5-8-20/h3-12,15-16H,17H2,1-2H3,(H,25,26). The SMILES string of the molecule is Cc1ccc(C)c(OCC(=O)Nc2cccc(C#Cc3ccccc3)c2)c1. The lowest BCUT2D eigenvalue weighted by atomic mass is 10.1. The Balaban J connectivity index is 1.61. The lowest BCUT2D eigenvalue weighted by Gasteiger charge is -2.10. The van der Waals surface area contributed by atoms with Crippen molar-refractivity contribution in [1.29, 1.82) is 0 Å². The summed E-state index contributed by atoms with van der Waals surface area (Å²) in [6.45, 7) is 3.92. The normalized spacial score (nSPS) is 9.85. The summed E-state index contributed by atoms with van der Waals surface area (Å²) in [5.41, 5.74) is 4.60. The van der Waals surface area contributed by atoms with Gasteiger partial charge < -0.3 is 10.1 Å². The van der Waals surface area contributed by atoms with Gasteiger partial charge in [0.25, 0.3) is 5.91 Å². The molecule has 0 spiro atoms. The Hall–Kier alpha value is -3.51. The van der Waals surface area contributed by atoms with Gasteiger partial charge in [0.05, 0.1) is 0 Å². The van der Waals surface area contributed by atoms with Crippen molar-refractivity contribution in [2.24, 2.45) is 0 Å². The maximum absolute atomic E-state index is 12.2. The highest BCUT2D eigenvalue weighted by Crippen LogP contribution is 2.19. The summed E-state index contributed by atoms with van der Waals surface area (Å²) in [5, 5.41) is 2.85. The van der Waals surface area contributed by atoms with E-state index < -0.39 is 0 Å². The molecular weight excluding hydrogens is 334 g/mol. The fraction of sp³-hybridized carbons (Fsp3) is 0.125. The van der Waals surface area contributed by atoms with Crippen LogP contribution in [0.4, 0.5) is 5.69 Å². The van der Waals surface area contributed by atoms with Gasteiger partial charge in [-0.2, -0.15) is 0 Å². The van der Waals surface area contributed by atoms with Crippen molar-refractivity contribution in [2.45, 2.75) is 13.8 Å². The molecule has 0 saturated heterocycles. The third-order valence-corrected chi connectivity index (χ3v) is 3.97. The first-order valence-electron chi connectivity index (χ1n) is 8.77. The molecular formula is C24H21NO2. The number of aryl methyl sites for hydroxylation is 2. The Morgan fingerprint density at radius 2 is 1.63 bits per heavy atom. The lowest BCUT2D eigenvalue weighted by molar-refractivity contribution is -0.118. The zero-order chi connectivity index (χ0) is 19.1. The Bertz CT molecular complexity index is 998. The van der Waals surface area contributed by atoms with E-state index in [1.165, 1.54) is 0 Å². The van der Waals surface area contributed by atoms with Crippen molar-refractivity contribution in [3.63, 3.8) is 0 Å². The number of nitrogens with one attached hydrogen (secondary N) is 1. The molecule has 0 radical (unpaired) electrons. The van der Waals surface area contributed by atoms with Gasteiger partial charge in [-0.05, 0) is 61.4 Å². The number of carbonyl (C=O) groups is 1. The van der Waals surface area contributed by atoms with E-state index in [9.17, 15) is 4.79 Å². The van der Waals surface area contributed by atoms with Gasteiger partial charge >= 0.3 is 0 Å². The monoisotopic (exact) mass is 355 g/mol. The molecule has 0 aromatic heterocycles. The van der Waals surface area contributed by atoms with Crippen LogP contribution >= 0.6 is 0 Å². The van der Waals surface area contributed by atoms with E-state index >= 15 is 0 Å². The van der Waals surface area contributed by atoms with Crippen LogP contribution in [0, 0.1) is 25.7 Å². The van der Waals surface area contributed by atoms with E-state index in [4.69, 9.17) is 4.74 Å². The van der Waals surface area contributed by atoms with E-state index in [0.717, 1.165) is 28.0 Å². The minimum Gasteiger partial charge on any atom is -0.483 e. The molecule has 0 saturated carbocycles. The second-order valence-electron chi connectivity index (χ2n) is 6.30. The fourth-order valence-corrected chi connectivity index (χ4v) is 2.54. The summed E-state index contributed by atoms with van der Waals surface area (Å²) in [5.74, 6) is 6.75. The Morgan fingerprint density at radius 1 is 0.889 bits per heavy atom. The Morgan fingerprint density at radius 3 is 2.44 bits per heavy atom. The number of anilines is 1. The molecule has 0 aliphatic heterocycles. The summed E-state index contributed by atoms with van der Waals surface area (Å²) < 4.78 is 5.65. The molecule has 0 fully saturated rings. The van der Waals surface area contributed by atoms with Gasteiger partial charge in [-0.15, -0.1) is 0 Å². The molecule has 0 aliphatic carbocycles. The highest BCUT2D eigenvalue weighted by atomic mass is 16.5. The van der Waals surface area contributed by atoms with Crippen molar-refractivity contribution < 1.29 is 9.53 Å². The first-order chi connectivity index (χ1) is 13.1. The van der Waals surface area contributed by atoms with E-state index in [1.807, 2.05) is 86.6 Å². The summed E-state index contributed by atoms with van der Waals surface area (Å²) in [4.78, 5) is 12.2. The van der Waals surface area contributed by atoms with Crippen LogP contribution in [0.5, 0.6) is 5.75 Å². The molecule has 0 atom stereocenters. The second-order valence-corrected chi connectivity index (χ2v) is 6.30. The summed E-state index contributed by atoms with van der Waals surface area (Å²) in [6.07, 6.45) is 0. The van der Waals surface area contributed by atoms with Crippen molar-refractivity contribution in [3.8, 4) is 17.6 Å². The maximum atomic E-state index is 12.2. The van der Waals surface area contributed by atoms with Crippen LogP contribution < -0.4 is 10.1 Å². The Kier molecular flexibility index (Phi) is 5.91. The van der Waals surface area contributed by atoms with Gasteiger partial charge in [-0.3, -0.25) is 4.79 Å². The third kappa shape index (κ3) is 5.49. The molecule has 3 aromatic rings. The number of carbonyl (C=O) groups excluding carboxylic acids is 1. The minimum atomic E-state index is -0.205. The quantitative estimate of drug-likeness (QED) is 0.688. The zero-order valence-corrected chi connectivity index (χ0v) is 15.5. The first kappa shape index (κ1) is 18.3. The van der Waals surface area contributed by atoms with Gasteiger partial charge in [-0.25, -0.2) is 0 Å². The predicted octanol–water partition coefficient (Wildman–Crippen LogP) is 4.72. The zero-order valence-electron chi connectivity index (χ0n) is 15.5. The second kappa shape index (κ2) is 8.73. The Labute approximate surface area is 160 Å². The molecule has 134 valence electrons. The van der Waals surface area contributed by atoms with Gasteiger partial charge in [0.1, 0.15) is 5.75 Å². The molecule has 0 aliphatic rings. The van der Waals surface area contributed by atoms with Crippen molar-refractivity contribution in [1.82, 2.24) is 0 Å². The molecule has 0 unspecified atom stereocenters. The van der Waals surface area contributed by atoms with E-state index in [0.29, 0.717) is 5.69 Å². The number of amides is 1. The van der Waals surface area contributed by atoms with Gasteiger partial charge in [0.15, 0.2) is 6.61 Å². The topological polar surface area (TPSA) is 38.3 Å². The maximum Gasteiger partial charge on any atom is 0.262 e. The highest BCUT2D eigenvalue weighted by molar-refractivity contribution is 5.92. The molecule has 1 N–H and O–H groups in total. The molecule has 0 heterocycles. The van der Waals surface area contributed by atoms with E-state index in [1.54, 1.807) is 0 Å². The van der Waals surface area contributed by atoms with Crippen LogP contribution in [0.1, 0.15) is 22.3 Å². The van der Waals surface area contributed by atoms with Crippen LogP contribution in [-0.4, -0.2) is 12.5 Å². The van der Waals surface area contributed by atoms with E-state index in [2.05, 4.69) is 17.2 Å². The fourth-order valence-electron chi connectivity index (χ4n) is 2.54. The number of benzene rings is 3. The average molecular weight is 355 g/mol. The van der Waals surface area contributed by atoms with Gasteiger partial charge in [0, 0.05) is 16.8 Å². The third-order valence-electron chi connectivity index (χ3n) is 3.97. The van der Waals surface area contributed by atoms with E-state index in [-0.39, 0.29) is 12.5 Å². The van der Waals surface area contributed by atoms with Crippen molar-refractivity contribution >= 4 is 11.6 Å². The molecule has 3 heteroatoms. The highest BCUT2D eigenvalue weighted by Gasteiger charge is 2.06. The lowest BCUT2D eigenvalue weighted by Crippen LogP contribution is -2.20. The number of hydrogen-bond donors (Lipinski definition) is 1. The van der Waals surface area contributed by atoms with Crippen LogP contribution in [0.25, 0.3) is 0 Å². The molecule has 0 bridgehead atoms. The minimum absolute atomic E-state index is 0.0375. The number of ether oxygens (including phenoxy) is 1. The molecule has 3 aromatic carbocycles. The summed E-state index contributed by atoms with van der Waals surface area (Å²) in [7, 11) is 0. The average Bonchev–Trinajstić information content (AvgIpc) is 2.68. The van der Waals surface area contributed by atoms with Crippen LogP contribution in [-0.2, 0) is 4.79 Å². The van der Waals surface area contributed by atoms with Crippen molar-refractivity contribution in [3.05, 3.63) is 95.1 Å². The van der Waals surface area contributed by atoms with Gasteiger partial charge in [-0.1, -0.05) is 48.2 Å². The molecule has 3 rings (SSSR count). The smallest absolute Gasteiger partial charge is 0.262 e. The largest absolute Gasteiger partial charge is 0.483 e. The number of rotatable bonds is 4. The molecule has 1 amide bonds. The van der Waals surface area contributed by atoms with Gasteiger partial charge in [0.2, 0.25) is 0 Å². The van der Waals surface area contributed by atoms with Crippen LogP contribution in [0.2, 0.25) is 0 Å². The van der Waals surface area contributed by atoms with Crippen molar-refractivity contribution in [2.75, 3.05) is 11.9 Å². The summed E-state index contributed by atoms with van der Waals surface area (Å²) in [6, 6.07) is 23.2. The summed E-state index contributed by atoms with van der Waals surface area (Å²) >= 11 is 0. The molecule has 3 nitrogen and oxygen atoms in total. The number of hydrogen-bond acceptors (Lipinski definition) is 2. The first-order valence-corrected chi connectivity index (χ1v) is 8.77. The van der Waals surface area contributed by atoms with Crippen LogP contribution in [0.3, 0.4) is 0 Å².